The van der Waals surface area contributed by atoms with Crippen LogP contribution in [0, 0.1) is 0 Å². The van der Waals surface area contributed by atoms with E-state index < -0.39 is 5.97 Å². The zero-order chi connectivity index (χ0) is 25.8. The topological polar surface area (TPSA) is 46.5 Å². The lowest BCUT2D eigenvalue weighted by atomic mass is 10.1. The molecule has 0 aliphatic carbocycles. The third-order valence-electron chi connectivity index (χ3n) is 6.64. The summed E-state index contributed by atoms with van der Waals surface area (Å²) in [7, 11) is 0. The number of unbranched alkanes of at least 4 members (excludes halogenated alkanes) is 10. The van der Waals surface area contributed by atoms with Crippen LogP contribution >= 0.6 is 11.8 Å². The smallest absolute Gasteiger partial charge is 0.339 e. The number of aryl methyl sites for hydroxylation is 2. The number of hydrogen-bond donors (Lipinski definition) is 1. The highest BCUT2D eigenvalue weighted by Gasteiger charge is 2.19. The lowest BCUT2D eigenvalue weighted by molar-refractivity contribution is 0.0691. The summed E-state index contributed by atoms with van der Waals surface area (Å²) in [4.78, 5) is 13.0. The van der Waals surface area contributed by atoms with Crippen LogP contribution in [0.25, 0.3) is 0 Å². The number of carboxylic acids is 1. The Labute approximate surface area is 224 Å². The zero-order valence-electron chi connectivity index (χ0n) is 22.7. The van der Waals surface area contributed by atoms with Crippen molar-refractivity contribution in [3.8, 4) is 5.75 Å². The minimum absolute atomic E-state index is 0.305. The van der Waals surface area contributed by atoms with Gasteiger partial charge in [0.05, 0.1) is 11.5 Å². The van der Waals surface area contributed by atoms with Crippen molar-refractivity contribution in [1.82, 2.24) is 0 Å². The maximum Gasteiger partial charge on any atom is 0.339 e. The van der Waals surface area contributed by atoms with Crippen LogP contribution in [0.1, 0.15) is 119 Å². The third kappa shape index (κ3) is 11.9. The first-order chi connectivity index (χ1) is 17.7. The molecular formula is C32H48O3S. The van der Waals surface area contributed by atoms with Gasteiger partial charge in [-0.3, -0.25) is 0 Å². The fourth-order valence-electron chi connectivity index (χ4n) is 4.55. The monoisotopic (exact) mass is 512 g/mol. The molecule has 2 aromatic carbocycles. The van der Waals surface area contributed by atoms with Crippen molar-refractivity contribution in [2.24, 2.45) is 0 Å². The summed E-state index contributed by atoms with van der Waals surface area (Å²) in [5.41, 5.74) is 2.95. The molecule has 0 aromatic heterocycles. The second-order valence-electron chi connectivity index (χ2n) is 9.81. The highest BCUT2D eigenvalue weighted by molar-refractivity contribution is 7.99. The largest absolute Gasteiger partial charge is 0.491 e. The number of carbonyl (C=O) groups is 1. The summed E-state index contributed by atoms with van der Waals surface area (Å²) in [5, 5.41) is 9.83. The second kappa shape index (κ2) is 19.2. The van der Waals surface area contributed by atoms with Crippen LogP contribution in [0.5, 0.6) is 5.75 Å². The number of rotatable bonds is 21. The Bertz CT molecular complexity index is 850. The summed E-state index contributed by atoms with van der Waals surface area (Å²) in [6, 6.07) is 14.4. The van der Waals surface area contributed by atoms with E-state index in [1.807, 2.05) is 6.07 Å². The Kier molecular flexibility index (Phi) is 16.2. The highest BCUT2D eigenvalue weighted by atomic mass is 32.2. The van der Waals surface area contributed by atoms with Crippen molar-refractivity contribution in [1.29, 1.82) is 0 Å². The fourth-order valence-corrected chi connectivity index (χ4v) is 5.76. The lowest BCUT2D eigenvalue weighted by Crippen LogP contribution is -2.08. The lowest BCUT2D eigenvalue weighted by Gasteiger charge is -2.18. The standard InChI is InChI=1S/C32H48O3S/c1-3-5-6-7-8-9-11-17-25-35-30-29(32(33)34)24-23-28(19-4-2)31(30)36-26-18-12-10-14-20-27-21-15-13-16-22-27/h13,15-16,21-24H,3-12,14,17-20,25-26H2,1-2H3,(H,33,34). The molecule has 3 nitrogen and oxygen atoms in total. The van der Waals surface area contributed by atoms with Crippen LogP contribution in [0.4, 0.5) is 0 Å². The Morgan fingerprint density at radius 2 is 1.42 bits per heavy atom. The first-order valence-corrected chi connectivity index (χ1v) is 15.3. The SMILES string of the molecule is CCCCCCCCCCOc1c(C(=O)O)ccc(CCC)c1SCCCCCCc1ccccc1. The first kappa shape index (κ1) is 30.3. The highest BCUT2D eigenvalue weighted by Crippen LogP contribution is 2.37. The molecule has 0 bridgehead atoms. The van der Waals surface area contributed by atoms with Gasteiger partial charge < -0.3 is 9.84 Å². The molecule has 1 N–H and O–H groups in total. The van der Waals surface area contributed by atoms with E-state index in [1.54, 1.807) is 17.8 Å². The quantitative estimate of drug-likeness (QED) is 0.133. The molecule has 0 aliphatic heterocycles. The van der Waals surface area contributed by atoms with Gasteiger partial charge in [0.2, 0.25) is 0 Å². The average Bonchev–Trinajstić information content (AvgIpc) is 2.88. The summed E-state index contributed by atoms with van der Waals surface area (Å²) < 4.78 is 6.20. The summed E-state index contributed by atoms with van der Waals surface area (Å²) in [6.07, 6.45) is 17.9. The molecule has 36 heavy (non-hydrogen) atoms. The number of ether oxygens (including phenoxy) is 1. The minimum atomic E-state index is -0.897. The van der Waals surface area contributed by atoms with E-state index >= 15 is 0 Å². The molecule has 2 rings (SSSR count). The molecule has 0 radical (unpaired) electrons. The Morgan fingerprint density at radius 1 is 0.750 bits per heavy atom. The van der Waals surface area contributed by atoms with Gasteiger partial charge in [0.25, 0.3) is 0 Å². The molecule has 0 aliphatic rings. The molecule has 0 unspecified atom stereocenters. The number of thioether (sulfide) groups is 1. The second-order valence-corrected chi connectivity index (χ2v) is 10.9. The van der Waals surface area contributed by atoms with Gasteiger partial charge in [-0.2, -0.15) is 0 Å². The van der Waals surface area contributed by atoms with Gasteiger partial charge in [0.15, 0.2) is 0 Å². The number of aromatic carboxylic acids is 1. The summed E-state index contributed by atoms with van der Waals surface area (Å²) in [5.74, 6) is 0.705. The Morgan fingerprint density at radius 3 is 2.11 bits per heavy atom. The van der Waals surface area contributed by atoms with Crippen LogP contribution in [0.15, 0.2) is 47.4 Å². The van der Waals surface area contributed by atoms with Crippen molar-refractivity contribution >= 4 is 17.7 Å². The molecule has 0 saturated carbocycles. The Hall–Kier alpha value is -1.94. The van der Waals surface area contributed by atoms with E-state index in [0.29, 0.717) is 17.9 Å². The average molecular weight is 513 g/mol. The molecular weight excluding hydrogens is 464 g/mol. The molecule has 2 aromatic rings. The molecule has 4 heteroatoms. The van der Waals surface area contributed by atoms with Gasteiger partial charge >= 0.3 is 5.97 Å². The van der Waals surface area contributed by atoms with Crippen LogP contribution < -0.4 is 4.74 Å². The molecule has 0 spiro atoms. The van der Waals surface area contributed by atoms with Crippen LogP contribution in [0.2, 0.25) is 0 Å². The number of carboxylic acid groups (broad SMARTS) is 1. The zero-order valence-corrected chi connectivity index (χ0v) is 23.6. The van der Waals surface area contributed by atoms with Crippen molar-refractivity contribution < 1.29 is 14.6 Å². The molecule has 0 fully saturated rings. The van der Waals surface area contributed by atoms with E-state index in [1.165, 1.54) is 68.9 Å². The van der Waals surface area contributed by atoms with Gasteiger partial charge in [-0.25, -0.2) is 4.79 Å². The van der Waals surface area contributed by atoms with Crippen LogP contribution in [0.3, 0.4) is 0 Å². The van der Waals surface area contributed by atoms with Crippen molar-refractivity contribution in [3.63, 3.8) is 0 Å². The van der Waals surface area contributed by atoms with Gasteiger partial charge in [0.1, 0.15) is 11.3 Å². The molecule has 200 valence electrons. The van der Waals surface area contributed by atoms with E-state index in [4.69, 9.17) is 4.74 Å². The van der Waals surface area contributed by atoms with Crippen LogP contribution in [-0.2, 0) is 12.8 Å². The first-order valence-electron chi connectivity index (χ1n) is 14.4. The maximum atomic E-state index is 12.0. The van der Waals surface area contributed by atoms with Crippen LogP contribution in [-0.4, -0.2) is 23.4 Å². The number of benzene rings is 2. The summed E-state index contributed by atoms with van der Waals surface area (Å²) in [6.45, 7) is 5.02. The summed E-state index contributed by atoms with van der Waals surface area (Å²) >= 11 is 1.79. The van der Waals surface area contributed by atoms with Gasteiger partial charge in [-0.05, 0) is 55.1 Å². The van der Waals surface area contributed by atoms with Gasteiger partial charge in [0, 0.05) is 0 Å². The minimum Gasteiger partial charge on any atom is -0.491 e. The fraction of sp³-hybridized carbons (Fsp3) is 0.594. The molecule has 0 amide bonds. The Balaban J connectivity index is 1.85. The van der Waals surface area contributed by atoms with E-state index in [2.05, 4.69) is 44.2 Å². The van der Waals surface area contributed by atoms with Crippen molar-refractivity contribution in [2.45, 2.75) is 115 Å². The molecule has 0 heterocycles. The molecule has 0 saturated heterocycles. The third-order valence-corrected chi connectivity index (χ3v) is 7.87. The number of hydrogen-bond acceptors (Lipinski definition) is 3. The molecule has 0 atom stereocenters. The van der Waals surface area contributed by atoms with Crippen molar-refractivity contribution in [3.05, 3.63) is 59.2 Å². The normalized spacial score (nSPS) is 11.1. The predicted octanol–water partition coefficient (Wildman–Crippen LogP) is 9.75. The van der Waals surface area contributed by atoms with Gasteiger partial charge in [-0.15, -0.1) is 11.8 Å². The van der Waals surface area contributed by atoms with E-state index in [9.17, 15) is 9.90 Å². The van der Waals surface area contributed by atoms with E-state index in [0.717, 1.165) is 49.2 Å². The van der Waals surface area contributed by atoms with E-state index in [-0.39, 0.29) is 0 Å². The van der Waals surface area contributed by atoms with Crippen molar-refractivity contribution in [2.75, 3.05) is 12.4 Å². The maximum absolute atomic E-state index is 12.0. The predicted molar refractivity (Wildman–Crippen MR) is 155 cm³/mol. The van der Waals surface area contributed by atoms with Gasteiger partial charge in [-0.1, -0.05) is 114 Å².